The molecule has 1 saturated heterocycles. The third kappa shape index (κ3) is 4.03. The van der Waals surface area contributed by atoms with Gasteiger partial charge in [-0.15, -0.1) is 5.10 Å². The van der Waals surface area contributed by atoms with Crippen molar-refractivity contribution in [2.45, 2.75) is 19.3 Å². The minimum absolute atomic E-state index is 0.0168. The Bertz CT molecular complexity index is 1150. The van der Waals surface area contributed by atoms with Gasteiger partial charge in [-0.2, -0.15) is 5.10 Å². The molecule has 0 atom stereocenters. The Kier molecular flexibility index (Phi) is 5.71. The number of non-ortho nitro benzene ring substituents is 1. The number of hydrogen-bond acceptors (Lipinski definition) is 7. The fourth-order valence-electron chi connectivity index (χ4n) is 4.47. The summed E-state index contributed by atoms with van der Waals surface area (Å²) in [5, 5.41) is 21.1. The molecule has 0 spiro atoms. The van der Waals surface area contributed by atoms with Crippen LogP contribution >= 0.6 is 11.6 Å². The van der Waals surface area contributed by atoms with Gasteiger partial charge in [0, 0.05) is 34.8 Å². The molecular weight excluding hydrogens is 428 g/mol. The number of anilines is 1. The summed E-state index contributed by atoms with van der Waals surface area (Å²) in [4.78, 5) is 20.4. The Morgan fingerprint density at radius 3 is 2.62 bits per heavy atom. The first-order chi connectivity index (χ1) is 15.6. The van der Waals surface area contributed by atoms with Crippen molar-refractivity contribution in [2.75, 3.05) is 37.6 Å². The lowest BCUT2D eigenvalue weighted by atomic mass is 9.99. The van der Waals surface area contributed by atoms with Crippen molar-refractivity contribution >= 4 is 40.2 Å². The normalized spacial score (nSPS) is 18.7. The molecule has 164 valence electrons. The van der Waals surface area contributed by atoms with E-state index in [1.807, 2.05) is 18.2 Å². The number of nitro benzene ring substituents is 1. The number of nitrogens with zero attached hydrogens (tertiary/aromatic N) is 6. The van der Waals surface area contributed by atoms with Crippen molar-refractivity contribution in [1.82, 2.24) is 4.90 Å². The predicted octanol–water partition coefficient (Wildman–Crippen LogP) is 4.16. The lowest BCUT2D eigenvalue weighted by Crippen LogP contribution is -2.44. The molecule has 3 aliphatic heterocycles. The highest BCUT2D eigenvalue weighted by molar-refractivity contribution is 6.36. The molecule has 0 bridgehead atoms. The number of fused-ring (bicyclic) bond motifs is 3. The van der Waals surface area contributed by atoms with E-state index < -0.39 is 0 Å². The first-order valence-electron chi connectivity index (χ1n) is 10.8. The summed E-state index contributed by atoms with van der Waals surface area (Å²) in [6.07, 6.45) is 3.71. The highest BCUT2D eigenvalue weighted by Crippen LogP contribution is 2.33. The van der Waals surface area contributed by atoms with Crippen molar-refractivity contribution in [3.05, 3.63) is 68.7 Å². The molecule has 32 heavy (non-hydrogen) atoms. The van der Waals surface area contributed by atoms with Gasteiger partial charge in [0.15, 0.2) is 5.84 Å². The van der Waals surface area contributed by atoms with Crippen molar-refractivity contribution in [1.29, 1.82) is 0 Å². The number of amidine groups is 1. The van der Waals surface area contributed by atoms with E-state index in [9.17, 15) is 10.1 Å². The molecule has 3 aliphatic rings. The van der Waals surface area contributed by atoms with Gasteiger partial charge < -0.3 is 4.90 Å². The summed E-state index contributed by atoms with van der Waals surface area (Å²) < 4.78 is 0. The number of halogens is 1. The molecule has 0 amide bonds. The molecule has 9 heteroatoms. The van der Waals surface area contributed by atoms with E-state index in [-0.39, 0.29) is 10.6 Å². The number of aliphatic imine (C=N–C) groups is 1. The van der Waals surface area contributed by atoms with Crippen LogP contribution in [0, 0.1) is 10.1 Å². The summed E-state index contributed by atoms with van der Waals surface area (Å²) >= 11 is 6.48. The van der Waals surface area contributed by atoms with Crippen LogP contribution in [0.15, 0.2) is 57.7 Å². The molecule has 0 aliphatic carbocycles. The Morgan fingerprint density at radius 1 is 1.03 bits per heavy atom. The standard InChI is InChI=1S/C23H23ClN6O2/c24-20-7-3-2-6-18(20)23-19-12-17(30(31)32)8-9-21(19)29-15-16(26-27-22(29)13-25-23)14-28-10-4-1-5-11-28/h2-3,6-9,12H,1,4-5,10-11,13-15H2. The van der Waals surface area contributed by atoms with Crippen molar-refractivity contribution in [2.24, 2.45) is 15.2 Å². The minimum atomic E-state index is -0.385. The average molecular weight is 451 g/mol. The first kappa shape index (κ1) is 20.8. The molecule has 0 N–H and O–H groups in total. The second-order valence-electron chi connectivity index (χ2n) is 8.21. The number of rotatable bonds is 4. The second kappa shape index (κ2) is 8.80. The maximum atomic E-state index is 11.5. The third-order valence-corrected chi connectivity index (χ3v) is 6.39. The fraction of sp³-hybridized carbons (Fsp3) is 0.348. The maximum absolute atomic E-state index is 11.5. The van der Waals surface area contributed by atoms with E-state index in [0.717, 1.165) is 42.4 Å². The quantitative estimate of drug-likeness (QED) is 0.517. The highest BCUT2D eigenvalue weighted by atomic mass is 35.5. The van der Waals surface area contributed by atoms with E-state index in [1.54, 1.807) is 18.2 Å². The highest BCUT2D eigenvalue weighted by Gasteiger charge is 2.30. The van der Waals surface area contributed by atoms with E-state index in [0.29, 0.717) is 29.4 Å². The Balaban J connectivity index is 1.55. The van der Waals surface area contributed by atoms with Crippen LogP contribution in [0.5, 0.6) is 0 Å². The third-order valence-electron chi connectivity index (χ3n) is 6.06. The molecule has 2 aromatic carbocycles. The van der Waals surface area contributed by atoms with Crippen LogP contribution < -0.4 is 4.90 Å². The number of piperidine rings is 1. The van der Waals surface area contributed by atoms with E-state index >= 15 is 0 Å². The topological polar surface area (TPSA) is 86.7 Å². The van der Waals surface area contributed by atoms with Gasteiger partial charge in [0.2, 0.25) is 0 Å². The van der Waals surface area contributed by atoms with Crippen LogP contribution in [-0.4, -0.2) is 59.8 Å². The molecular formula is C23H23ClN6O2. The monoisotopic (exact) mass is 450 g/mol. The summed E-state index contributed by atoms with van der Waals surface area (Å²) in [6, 6.07) is 12.3. The molecule has 1 fully saturated rings. The Hall–Kier alpha value is -3.10. The number of likely N-dealkylation sites (tertiary alicyclic amines) is 1. The summed E-state index contributed by atoms with van der Waals surface area (Å²) in [5.41, 5.74) is 3.88. The van der Waals surface area contributed by atoms with Gasteiger partial charge in [-0.3, -0.25) is 20.0 Å². The van der Waals surface area contributed by atoms with E-state index in [1.165, 1.54) is 25.3 Å². The van der Waals surface area contributed by atoms with E-state index in [2.05, 4.69) is 20.0 Å². The zero-order valence-corrected chi connectivity index (χ0v) is 18.3. The molecule has 5 rings (SSSR count). The SMILES string of the molecule is O=[N+]([O-])c1ccc2c(c1)C(c1ccccc1Cl)=NCC1=NN=C(CN3CCCCC3)CN12. The lowest BCUT2D eigenvalue weighted by Gasteiger charge is -2.31. The molecule has 8 nitrogen and oxygen atoms in total. The zero-order chi connectivity index (χ0) is 22.1. The van der Waals surface area contributed by atoms with Crippen molar-refractivity contribution < 1.29 is 4.92 Å². The van der Waals surface area contributed by atoms with Crippen LogP contribution in [0.25, 0.3) is 0 Å². The van der Waals surface area contributed by atoms with Gasteiger partial charge in [-0.1, -0.05) is 36.2 Å². The fourth-order valence-corrected chi connectivity index (χ4v) is 4.69. The Labute approximate surface area is 191 Å². The van der Waals surface area contributed by atoms with Crippen LogP contribution in [0.2, 0.25) is 5.02 Å². The molecule has 0 unspecified atom stereocenters. The molecule has 3 heterocycles. The summed E-state index contributed by atoms with van der Waals surface area (Å²) in [6.45, 7) is 3.86. The predicted molar refractivity (Wildman–Crippen MR) is 128 cm³/mol. The number of hydrogen-bond donors (Lipinski definition) is 0. The van der Waals surface area contributed by atoms with Gasteiger partial charge >= 0.3 is 0 Å². The molecule has 0 saturated carbocycles. The lowest BCUT2D eigenvalue weighted by molar-refractivity contribution is -0.384. The Morgan fingerprint density at radius 2 is 1.84 bits per heavy atom. The zero-order valence-electron chi connectivity index (χ0n) is 17.6. The number of benzene rings is 2. The number of nitro groups is 1. The summed E-state index contributed by atoms with van der Waals surface area (Å²) in [5.74, 6) is 0.726. The van der Waals surface area contributed by atoms with Gasteiger partial charge in [-0.25, -0.2) is 0 Å². The van der Waals surface area contributed by atoms with Gasteiger partial charge in [0.25, 0.3) is 5.69 Å². The summed E-state index contributed by atoms with van der Waals surface area (Å²) in [7, 11) is 0. The largest absolute Gasteiger partial charge is 0.320 e. The molecule has 2 aromatic rings. The molecule has 0 aromatic heterocycles. The van der Waals surface area contributed by atoms with Crippen molar-refractivity contribution in [3.63, 3.8) is 0 Å². The van der Waals surface area contributed by atoms with Gasteiger partial charge in [0.05, 0.1) is 35.1 Å². The smallest absolute Gasteiger partial charge is 0.270 e. The van der Waals surface area contributed by atoms with Gasteiger partial charge in [-0.05, 0) is 38.1 Å². The van der Waals surface area contributed by atoms with Crippen LogP contribution in [-0.2, 0) is 0 Å². The van der Waals surface area contributed by atoms with Crippen LogP contribution in [0.4, 0.5) is 11.4 Å². The second-order valence-corrected chi connectivity index (χ2v) is 8.62. The van der Waals surface area contributed by atoms with E-state index in [4.69, 9.17) is 16.6 Å². The minimum Gasteiger partial charge on any atom is -0.320 e. The van der Waals surface area contributed by atoms with Gasteiger partial charge in [0.1, 0.15) is 0 Å². The molecule has 0 radical (unpaired) electrons. The average Bonchev–Trinajstić information content (AvgIpc) is 2.96. The first-order valence-corrected chi connectivity index (χ1v) is 11.2. The van der Waals surface area contributed by atoms with Crippen LogP contribution in [0.3, 0.4) is 0 Å². The van der Waals surface area contributed by atoms with Crippen LogP contribution in [0.1, 0.15) is 30.4 Å². The maximum Gasteiger partial charge on any atom is 0.270 e. The van der Waals surface area contributed by atoms with Crippen molar-refractivity contribution in [3.8, 4) is 0 Å².